The van der Waals surface area contributed by atoms with Gasteiger partial charge >= 0.3 is 0 Å². The first-order valence-electron chi connectivity index (χ1n) is 5.35. The van der Waals surface area contributed by atoms with Gasteiger partial charge in [-0.2, -0.15) is 0 Å². The molecule has 2 heteroatoms. The zero-order valence-electron chi connectivity index (χ0n) is 9.39. The van der Waals surface area contributed by atoms with E-state index < -0.39 is 0 Å². The Labute approximate surface area is 92.4 Å². The highest BCUT2D eigenvalue weighted by Gasteiger charge is 2.05. The van der Waals surface area contributed by atoms with Gasteiger partial charge in [-0.3, -0.25) is 4.90 Å². The average Bonchev–Trinajstić information content (AvgIpc) is 2.18. The molecule has 82 valence electrons. The molecule has 2 nitrogen and oxygen atoms in total. The summed E-state index contributed by atoms with van der Waals surface area (Å²) >= 11 is 0. The number of hydrogen-bond acceptors (Lipinski definition) is 2. The van der Waals surface area contributed by atoms with E-state index in [4.69, 9.17) is 5.73 Å². The van der Waals surface area contributed by atoms with Gasteiger partial charge in [0, 0.05) is 25.7 Å². The van der Waals surface area contributed by atoms with E-state index in [0.717, 1.165) is 19.6 Å². The van der Waals surface area contributed by atoms with E-state index in [0.29, 0.717) is 0 Å². The van der Waals surface area contributed by atoms with Gasteiger partial charge in [0.2, 0.25) is 0 Å². The molecule has 0 saturated carbocycles. The van der Waals surface area contributed by atoms with Crippen LogP contribution in [0.2, 0.25) is 0 Å². The van der Waals surface area contributed by atoms with Gasteiger partial charge in [0.15, 0.2) is 0 Å². The van der Waals surface area contributed by atoms with Gasteiger partial charge in [0.25, 0.3) is 0 Å². The standard InChI is InChI=1S/C13H20N2/c1-3-9-15(10-12(2)14)11-13-7-5-4-6-8-13/h3-8,12H,1,9-11,14H2,2H3. The van der Waals surface area contributed by atoms with Crippen LogP contribution in [-0.4, -0.2) is 24.0 Å². The van der Waals surface area contributed by atoms with E-state index in [9.17, 15) is 0 Å². The summed E-state index contributed by atoms with van der Waals surface area (Å²) in [4.78, 5) is 2.30. The third-order valence-corrected chi connectivity index (χ3v) is 2.18. The highest BCUT2D eigenvalue weighted by atomic mass is 15.1. The van der Waals surface area contributed by atoms with Crippen LogP contribution in [0.1, 0.15) is 12.5 Å². The van der Waals surface area contributed by atoms with Crippen molar-refractivity contribution in [2.75, 3.05) is 13.1 Å². The van der Waals surface area contributed by atoms with Crippen molar-refractivity contribution in [3.63, 3.8) is 0 Å². The largest absolute Gasteiger partial charge is 0.327 e. The predicted molar refractivity (Wildman–Crippen MR) is 65.6 cm³/mol. The molecule has 0 heterocycles. The Morgan fingerprint density at radius 1 is 1.40 bits per heavy atom. The van der Waals surface area contributed by atoms with Crippen LogP contribution in [0.4, 0.5) is 0 Å². The van der Waals surface area contributed by atoms with Gasteiger partial charge in [0.1, 0.15) is 0 Å². The highest BCUT2D eigenvalue weighted by Crippen LogP contribution is 2.04. The van der Waals surface area contributed by atoms with E-state index in [1.807, 2.05) is 19.1 Å². The van der Waals surface area contributed by atoms with Crippen LogP contribution in [0.15, 0.2) is 43.0 Å². The zero-order valence-corrected chi connectivity index (χ0v) is 9.39. The Balaban J connectivity index is 2.54. The molecule has 0 fully saturated rings. The van der Waals surface area contributed by atoms with Crippen LogP contribution in [-0.2, 0) is 6.54 Å². The summed E-state index contributed by atoms with van der Waals surface area (Å²) in [6, 6.07) is 10.6. The monoisotopic (exact) mass is 204 g/mol. The molecule has 15 heavy (non-hydrogen) atoms. The molecule has 0 bridgehead atoms. The Morgan fingerprint density at radius 3 is 2.60 bits per heavy atom. The third-order valence-electron chi connectivity index (χ3n) is 2.18. The summed E-state index contributed by atoms with van der Waals surface area (Å²) in [5, 5.41) is 0. The van der Waals surface area contributed by atoms with Gasteiger partial charge in [-0.05, 0) is 12.5 Å². The quantitative estimate of drug-likeness (QED) is 0.718. The van der Waals surface area contributed by atoms with Crippen molar-refractivity contribution in [2.45, 2.75) is 19.5 Å². The topological polar surface area (TPSA) is 29.3 Å². The Kier molecular flexibility index (Phi) is 5.08. The maximum atomic E-state index is 5.80. The molecule has 0 saturated heterocycles. The van der Waals surface area contributed by atoms with E-state index in [-0.39, 0.29) is 6.04 Å². The molecule has 2 N–H and O–H groups in total. The fourth-order valence-electron chi connectivity index (χ4n) is 1.64. The normalized spacial score (nSPS) is 12.7. The molecule has 1 aromatic carbocycles. The minimum absolute atomic E-state index is 0.202. The first-order valence-corrected chi connectivity index (χ1v) is 5.35. The lowest BCUT2D eigenvalue weighted by Gasteiger charge is -2.22. The Hall–Kier alpha value is -1.12. The van der Waals surface area contributed by atoms with E-state index in [1.165, 1.54) is 5.56 Å². The van der Waals surface area contributed by atoms with Crippen LogP contribution in [0.3, 0.4) is 0 Å². The molecule has 0 aliphatic rings. The summed E-state index contributed by atoms with van der Waals surface area (Å²) in [7, 11) is 0. The predicted octanol–water partition coefficient (Wildman–Crippen LogP) is 2.02. The lowest BCUT2D eigenvalue weighted by Crippen LogP contribution is -2.35. The van der Waals surface area contributed by atoms with Gasteiger partial charge in [0.05, 0.1) is 0 Å². The van der Waals surface area contributed by atoms with Gasteiger partial charge < -0.3 is 5.73 Å². The second-order valence-corrected chi connectivity index (χ2v) is 3.95. The Bertz CT molecular complexity index is 280. The maximum Gasteiger partial charge on any atom is 0.0237 e. The molecule has 1 aromatic rings. The fraction of sp³-hybridized carbons (Fsp3) is 0.385. The average molecular weight is 204 g/mol. The summed E-state index contributed by atoms with van der Waals surface area (Å²) in [5.74, 6) is 0. The number of nitrogens with zero attached hydrogens (tertiary/aromatic N) is 1. The second-order valence-electron chi connectivity index (χ2n) is 3.95. The summed E-state index contributed by atoms with van der Waals surface area (Å²) in [6.07, 6.45) is 1.92. The molecule has 0 radical (unpaired) electrons. The molecule has 1 unspecified atom stereocenters. The number of nitrogens with two attached hydrogens (primary N) is 1. The Morgan fingerprint density at radius 2 is 2.07 bits per heavy atom. The molecular weight excluding hydrogens is 184 g/mol. The van der Waals surface area contributed by atoms with Crippen molar-refractivity contribution < 1.29 is 0 Å². The minimum Gasteiger partial charge on any atom is -0.327 e. The smallest absolute Gasteiger partial charge is 0.0237 e. The maximum absolute atomic E-state index is 5.80. The van der Waals surface area contributed by atoms with Crippen molar-refractivity contribution in [1.29, 1.82) is 0 Å². The summed E-state index contributed by atoms with van der Waals surface area (Å²) in [6.45, 7) is 8.52. The van der Waals surface area contributed by atoms with Crippen LogP contribution in [0.5, 0.6) is 0 Å². The van der Waals surface area contributed by atoms with Crippen molar-refractivity contribution in [3.8, 4) is 0 Å². The van der Waals surface area contributed by atoms with Crippen molar-refractivity contribution in [3.05, 3.63) is 48.6 Å². The third kappa shape index (κ3) is 4.77. The van der Waals surface area contributed by atoms with Crippen LogP contribution >= 0.6 is 0 Å². The number of hydrogen-bond donors (Lipinski definition) is 1. The van der Waals surface area contributed by atoms with Gasteiger partial charge in [-0.15, -0.1) is 6.58 Å². The first-order chi connectivity index (χ1) is 7.22. The van der Waals surface area contributed by atoms with Gasteiger partial charge in [-0.25, -0.2) is 0 Å². The number of benzene rings is 1. The molecule has 1 rings (SSSR count). The molecule has 0 amide bonds. The van der Waals surface area contributed by atoms with Crippen LogP contribution < -0.4 is 5.73 Å². The minimum atomic E-state index is 0.202. The van der Waals surface area contributed by atoms with E-state index >= 15 is 0 Å². The summed E-state index contributed by atoms with van der Waals surface area (Å²) < 4.78 is 0. The number of rotatable bonds is 6. The van der Waals surface area contributed by atoms with Crippen molar-refractivity contribution in [1.82, 2.24) is 4.90 Å². The molecule has 0 aliphatic heterocycles. The zero-order chi connectivity index (χ0) is 11.1. The summed E-state index contributed by atoms with van der Waals surface area (Å²) in [5.41, 5.74) is 7.12. The van der Waals surface area contributed by atoms with E-state index in [1.54, 1.807) is 0 Å². The molecule has 0 aliphatic carbocycles. The van der Waals surface area contributed by atoms with Crippen molar-refractivity contribution >= 4 is 0 Å². The van der Waals surface area contributed by atoms with Crippen molar-refractivity contribution in [2.24, 2.45) is 5.73 Å². The van der Waals surface area contributed by atoms with Gasteiger partial charge in [-0.1, -0.05) is 36.4 Å². The molecular formula is C13H20N2. The molecule has 0 spiro atoms. The van der Waals surface area contributed by atoms with E-state index in [2.05, 4.69) is 35.7 Å². The molecule has 0 aromatic heterocycles. The van der Waals surface area contributed by atoms with Crippen LogP contribution in [0, 0.1) is 0 Å². The highest BCUT2D eigenvalue weighted by molar-refractivity contribution is 5.14. The SMILES string of the molecule is C=CCN(Cc1ccccc1)CC(C)N. The lowest BCUT2D eigenvalue weighted by atomic mass is 10.2. The fourth-order valence-corrected chi connectivity index (χ4v) is 1.64. The first kappa shape index (κ1) is 12.0. The lowest BCUT2D eigenvalue weighted by molar-refractivity contribution is 0.280. The van der Waals surface area contributed by atoms with Crippen LogP contribution in [0.25, 0.3) is 0 Å². The molecule has 1 atom stereocenters. The second kappa shape index (κ2) is 6.38.